The standard InChI is InChI=1S/C22H24N4OS/c1-12-23-17-3-2-13(8-19(17)28-12)7-18-20(27)25-21(24-18)26-22-9-14-4-15(10-22)6-16(5-14)11-22/h2-3,7-8,14-16H,4-6,9-11H2,1H3,(H2,24,25,26,27)/b18-7-. The molecule has 6 heteroatoms. The molecule has 4 bridgehead atoms. The van der Waals surface area contributed by atoms with Gasteiger partial charge < -0.3 is 5.32 Å². The summed E-state index contributed by atoms with van der Waals surface area (Å²) in [5, 5.41) is 7.28. The summed E-state index contributed by atoms with van der Waals surface area (Å²) < 4.78 is 1.15. The van der Waals surface area contributed by atoms with E-state index >= 15 is 0 Å². The zero-order valence-electron chi connectivity index (χ0n) is 16.0. The molecule has 4 saturated carbocycles. The number of carbonyl (C=O) groups excluding carboxylic acids is 1. The molecule has 0 spiro atoms. The van der Waals surface area contributed by atoms with Crippen LogP contribution in [0.25, 0.3) is 16.3 Å². The fourth-order valence-electron chi connectivity index (χ4n) is 6.30. The molecule has 5 fully saturated rings. The van der Waals surface area contributed by atoms with Crippen molar-refractivity contribution in [3.63, 3.8) is 0 Å². The molecule has 0 unspecified atom stereocenters. The molecule has 2 N–H and O–H groups in total. The van der Waals surface area contributed by atoms with Crippen molar-refractivity contribution in [2.45, 2.75) is 51.0 Å². The average Bonchev–Trinajstić information content (AvgIpc) is 3.14. The van der Waals surface area contributed by atoms with Crippen molar-refractivity contribution in [1.29, 1.82) is 0 Å². The zero-order valence-corrected chi connectivity index (χ0v) is 16.8. The molecule has 7 rings (SSSR count). The van der Waals surface area contributed by atoms with Crippen LogP contribution < -0.4 is 10.6 Å². The highest BCUT2D eigenvalue weighted by molar-refractivity contribution is 7.18. The Kier molecular flexibility index (Phi) is 3.52. The number of benzene rings is 1. The molecule has 4 aliphatic carbocycles. The molecule has 1 aromatic carbocycles. The fourth-order valence-corrected chi connectivity index (χ4v) is 7.18. The lowest BCUT2D eigenvalue weighted by Crippen LogP contribution is -2.50. The van der Waals surface area contributed by atoms with Gasteiger partial charge in [0.1, 0.15) is 5.70 Å². The highest BCUT2D eigenvalue weighted by Gasteiger charge is 2.51. The van der Waals surface area contributed by atoms with Gasteiger partial charge in [0.25, 0.3) is 5.91 Å². The summed E-state index contributed by atoms with van der Waals surface area (Å²) in [7, 11) is 0. The summed E-state index contributed by atoms with van der Waals surface area (Å²) in [6.45, 7) is 2.02. The molecule has 0 radical (unpaired) electrons. The number of hydrogen-bond acceptors (Lipinski definition) is 4. The molecule has 1 saturated heterocycles. The predicted molar refractivity (Wildman–Crippen MR) is 112 cm³/mol. The number of nitrogens with zero attached hydrogens (tertiary/aromatic N) is 2. The lowest BCUT2D eigenvalue weighted by atomic mass is 9.53. The first-order chi connectivity index (χ1) is 13.5. The van der Waals surface area contributed by atoms with E-state index in [1.165, 1.54) is 38.5 Å². The average molecular weight is 393 g/mol. The van der Waals surface area contributed by atoms with Gasteiger partial charge in [0.2, 0.25) is 5.96 Å². The molecular formula is C22H24N4OS. The third-order valence-corrected chi connectivity index (χ3v) is 7.85. The number of aliphatic imine (C=N–C) groups is 1. The summed E-state index contributed by atoms with van der Waals surface area (Å²) in [5.74, 6) is 3.09. The Morgan fingerprint density at radius 2 is 1.86 bits per heavy atom. The van der Waals surface area contributed by atoms with Crippen molar-refractivity contribution in [3.8, 4) is 0 Å². The van der Waals surface area contributed by atoms with Gasteiger partial charge in [-0.2, -0.15) is 0 Å². The van der Waals surface area contributed by atoms with Crippen LogP contribution in [0.3, 0.4) is 0 Å². The maximum atomic E-state index is 12.5. The monoisotopic (exact) mass is 392 g/mol. The molecule has 5 nitrogen and oxygen atoms in total. The molecule has 2 aromatic rings. The van der Waals surface area contributed by atoms with Crippen LogP contribution in [0.2, 0.25) is 0 Å². The van der Waals surface area contributed by atoms with Crippen LogP contribution in [0, 0.1) is 24.7 Å². The van der Waals surface area contributed by atoms with Gasteiger partial charge in [0.15, 0.2) is 0 Å². The summed E-state index contributed by atoms with van der Waals surface area (Å²) in [5.41, 5.74) is 2.64. The molecule has 1 aromatic heterocycles. The van der Waals surface area contributed by atoms with Crippen molar-refractivity contribution >= 4 is 39.5 Å². The number of rotatable bonds is 2. The first-order valence-corrected chi connectivity index (χ1v) is 11.1. The van der Waals surface area contributed by atoms with Gasteiger partial charge in [-0.05, 0) is 87.0 Å². The van der Waals surface area contributed by atoms with Crippen LogP contribution in [0.1, 0.15) is 49.1 Å². The minimum atomic E-state index is -0.0935. The first kappa shape index (κ1) is 16.7. The predicted octanol–water partition coefficient (Wildman–Crippen LogP) is 3.99. The SMILES string of the molecule is Cc1nc2ccc(/C=C3\NC(=NC45CC6CC(CC(C6)C4)C5)NC3=O)cc2s1. The number of carbonyl (C=O) groups is 1. The maximum absolute atomic E-state index is 12.5. The van der Waals surface area contributed by atoms with E-state index in [4.69, 9.17) is 4.99 Å². The van der Waals surface area contributed by atoms with Crippen LogP contribution >= 0.6 is 11.3 Å². The van der Waals surface area contributed by atoms with Gasteiger partial charge in [0.05, 0.1) is 20.8 Å². The Balaban J connectivity index is 1.27. The Bertz CT molecular complexity index is 1010. The van der Waals surface area contributed by atoms with Crippen molar-refractivity contribution in [1.82, 2.24) is 15.6 Å². The lowest BCUT2D eigenvalue weighted by Gasteiger charge is -2.54. The van der Waals surface area contributed by atoms with Gasteiger partial charge in [-0.15, -0.1) is 11.3 Å². The zero-order chi connectivity index (χ0) is 18.9. The van der Waals surface area contributed by atoms with Crippen molar-refractivity contribution < 1.29 is 4.79 Å². The Hall–Kier alpha value is -2.21. The fraction of sp³-hybridized carbons (Fsp3) is 0.500. The number of fused-ring (bicyclic) bond motifs is 1. The molecule has 1 amide bonds. The van der Waals surface area contributed by atoms with Crippen LogP contribution in [0.5, 0.6) is 0 Å². The Morgan fingerprint density at radius 3 is 2.57 bits per heavy atom. The number of thiazole rings is 1. The minimum absolute atomic E-state index is 0.0545. The van der Waals surface area contributed by atoms with Crippen LogP contribution in [0.15, 0.2) is 28.9 Å². The second kappa shape index (κ2) is 5.89. The number of aromatic nitrogens is 1. The molecule has 144 valence electrons. The lowest BCUT2D eigenvalue weighted by molar-refractivity contribution is -0.115. The maximum Gasteiger partial charge on any atom is 0.274 e. The third kappa shape index (κ3) is 2.77. The molecule has 0 atom stereocenters. The van der Waals surface area contributed by atoms with Crippen LogP contribution in [-0.2, 0) is 4.79 Å². The first-order valence-electron chi connectivity index (χ1n) is 10.3. The second-order valence-electron chi connectivity index (χ2n) is 9.20. The molecule has 1 aliphatic heterocycles. The summed E-state index contributed by atoms with van der Waals surface area (Å²) in [6.07, 6.45) is 9.69. The molecule has 2 heterocycles. The van der Waals surface area contributed by atoms with Crippen molar-refractivity contribution in [2.24, 2.45) is 22.7 Å². The highest BCUT2D eigenvalue weighted by Crippen LogP contribution is 2.57. The number of nitrogens with one attached hydrogen (secondary N) is 2. The molecular weight excluding hydrogens is 368 g/mol. The van der Waals surface area contributed by atoms with E-state index in [9.17, 15) is 4.79 Å². The normalized spacial score (nSPS) is 36.5. The smallest absolute Gasteiger partial charge is 0.274 e. The highest BCUT2D eigenvalue weighted by atomic mass is 32.1. The van der Waals surface area contributed by atoms with E-state index in [0.717, 1.165) is 38.5 Å². The minimum Gasteiger partial charge on any atom is -0.321 e. The van der Waals surface area contributed by atoms with Crippen LogP contribution in [-0.4, -0.2) is 22.4 Å². The molecule has 5 aliphatic rings. The number of aryl methyl sites for hydroxylation is 1. The number of guanidine groups is 1. The van der Waals surface area contributed by atoms with Crippen molar-refractivity contribution in [3.05, 3.63) is 34.5 Å². The number of amides is 1. The topological polar surface area (TPSA) is 66.4 Å². The Morgan fingerprint density at radius 1 is 1.14 bits per heavy atom. The van der Waals surface area contributed by atoms with E-state index in [1.807, 2.05) is 25.1 Å². The van der Waals surface area contributed by atoms with Crippen molar-refractivity contribution in [2.75, 3.05) is 0 Å². The van der Waals surface area contributed by atoms with Gasteiger partial charge in [-0.3, -0.25) is 10.1 Å². The Labute approximate surface area is 168 Å². The summed E-state index contributed by atoms with van der Waals surface area (Å²) in [6, 6.07) is 6.12. The van der Waals surface area contributed by atoms with E-state index in [-0.39, 0.29) is 11.4 Å². The van der Waals surface area contributed by atoms with E-state index < -0.39 is 0 Å². The molecule has 28 heavy (non-hydrogen) atoms. The largest absolute Gasteiger partial charge is 0.321 e. The summed E-state index contributed by atoms with van der Waals surface area (Å²) in [4.78, 5) is 22.1. The van der Waals surface area contributed by atoms with E-state index in [1.54, 1.807) is 11.3 Å². The van der Waals surface area contributed by atoms with Gasteiger partial charge >= 0.3 is 0 Å². The summed E-state index contributed by atoms with van der Waals surface area (Å²) >= 11 is 1.68. The van der Waals surface area contributed by atoms with Gasteiger partial charge in [-0.1, -0.05) is 6.07 Å². The van der Waals surface area contributed by atoms with Gasteiger partial charge in [-0.25, -0.2) is 9.98 Å². The quantitative estimate of drug-likeness (QED) is 0.760. The second-order valence-corrected chi connectivity index (χ2v) is 10.4. The third-order valence-electron chi connectivity index (χ3n) is 6.91. The number of hydrogen-bond donors (Lipinski definition) is 2. The van der Waals surface area contributed by atoms with Gasteiger partial charge in [0, 0.05) is 0 Å². The van der Waals surface area contributed by atoms with Crippen LogP contribution in [0.4, 0.5) is 0 Å². The van der Waals surface area contributed by atoms with E-state index in [2.05, 4.69) is 21.7 Å². The van der Waals surface area contributed by atoms with E-state index in [0.29, 0.717) is 11.7 Å².